The maximum atomic E-state index is 12.3. The van der Waals surface area contributed by atoms with Gasteiger partial charge < -0.3 is 14.5 Å². The van der Waals surface area contributed by atoms with Crippen LogP contribution in [0.3, 0.4) is 0 Å². The van der Waals surface area contributed by atoms with Gasteiger partial charge in [0.15, 0.2) is 0 Å². The van der Waals surface area contributed by atoms with Crippen LogP contribution in [0.15, 0.2) is 4.52 Å². The second-order valence-electron chi connectivity index (χ2n) is 5.08. The van der Waals surface area contributed by atoms with E-state index in [-0.39, 0.29) is 12.3 Å². The maximum Gasteiger partial charge on any atom is 0.308 e. The standard InChI is InChI=1S/C14H20N2O4/c1-3-11-10(12(4-2)20-15-11)7-13(17)16-6-5-9(8-16)14(18)19/h9H,3-8H2,1-2H3,(H,18,19)/t9-/m1/s1. The van der Waals surface area contributed by atoms with Gasteiger partial charge in [0, 0.05) is 25.1 Å². The molecule has 1 atom stereocenters. The Labute approximate surface area is 117 Å². The van der Waals surface area contributed by atoms with Crippen LogP contribution >= 0.6 is 0 Å². The third-order valence-electron chi connectivity index (χ3n) is 3.83. The minimum atomic E-state index is -0.825. The van der Waals surface area contributed by atoms with E-state index in [1.54, 1.807) is 4.90 Å². The van der Waals surface area contributed by atoms with E-state index in [1.807, 2.05) is 13.8 Å². The van der Waals surface area contributed by atoms with Crippen LogP contribution in [0.5, 0.6) is 0 Å². The molecule has 0 aliphatic carbocycles. The molecule has 1 aliphatic heterocycles. The average Bonchev–Trinajstić information content (AvgIpc) is 3.05. The summed E-state index contributed by atoms with van der Waals surface area (Å²) in [6.45, 7) is 4.76. The van der Waals surface area contributed by atoms with Crippen molar-refractivity contribution in [2.24, 2.45) is 5.92 Å². The van der Waals surface area contributed by atoms with Gasteiger partial charge in [0.2, 0.25) is 5.91 Å². The minimum absolute atomic E-state index is 0.0404. The van der Waals surface area contributed by atoms with Gasteiger partial charge >= 0.3 is 5.97 Å². The van der Waals surface area contributed by atoms with Crippen LogP contribution in [-0.2, 0) is 28.9 Å². The van der Waals surface area contributed by atoms with Gasteiger partial charge in [0.25, 0.3) is 0 Å². The first kappa shape index (κ1) is 14.6. The number of carbonyl (C=O) groups excluding carboxylic acids is 1. The Morgan fingerprint density at radius 3 is 2.70 bits per heavy atom. The Kier molecular flexibility index (Phi) is 4.42. The van der Waals surface area contributed by atoms with Crippen molar-refractivity contribution in [2.45, 2.75) is 39.5 Å². The fourth-order valence-electron chi connectivity index (χ4n) is 2.59. The molecule has 20 heavy (non-hydrogen) atoms. The molecule has 0 radical (unpaired) electrons. The number of aliphatic carboxylic acids is 1. The highest BCUT2D eigenvalue weighted by Gasteiger charge is 2.31. The zero-order valence-electron chi connectivity index (χ0n) is 11.9. The Morgan fingerprint density at radius 1 is 1.40 bits per heavy atom. The summed E-state index contributed by atoms with van der Waals surface area (Å²) in [7, 11) is 0. The van der Waals surface area contributed by atoms with Gasteiger partial charge in [-0.05, 0) is 12.8 Å². The third-order valence-corrected chi connectivity index (χ3v) is 3.83. The number of amides is 1. The Balaban J connectivity index is 2.05. The summed E-state index contributed by atoms with van der Waals surface area (Å²) in [5.74, 6) is -0.544. The van der Waals surface area contributed by atoms with Crippen LogP contribution < -0.4 is 0 Å². The molecule has 0 bridgehead atoms. The molecule has 1 fully saturated rings. The summed E-state index contributed by atoms with van der Waals surface area (Å²) < 4.78 is 5.24. The highest BCUT2D eigenvalue weighted by atomic mass is 16.5. The zero-order chi connectivity index (χ0) is 14.7. The predicted octanol–water partition coefficient (Wildman–Crippen LogP) is 1.28. The lowest BCUT2D eigenvalue weighted by Crippen LogP contribution is -2.31. The van der Waals surface area contributed by atoms with E-state index in [4.69, 9.17) is 9.63 Å². The lowest BCUT2D eigenvalue weighted by molar-refractivity contribution is -0.141. The summed E-state index contributed by atoms with van der Waals surface area (Å²) in [6, 6.07) is 0. The first-order chi connectivity index (χ1) is 9.56. The molecule has 2 rings (SSSR count). The van der Waals surface area contributed by atoms with Crippen molar-refractivity contribution in [3.05, 3.63) is 17.0 Å². The minimum Gasteiger partial charge on any atom is -0.481 e. The number of rotatable bonds is 5. The number of hydrogen-bond acceptors (Lipinski definition) is 4. The van der Waals surface area contributed by atoms with Gasteiger partial charge in [-0.2, -0.15) is 0 Å². The molecule has 1 aromatic rings. The molecular formula is C14H20N2O4. The molecule has 1 aromatic heterocycles. The van der Waals surface area contributed by atoms with E-state index in [2.05, 4.69) is 5.16 Å². The van der Waals surface area contributed by atoms with Crippen molar-refractivity contribution in [1.82, 2.24) is 10.1 Å². The largest absolute Gasteiger partial charge is 0.481 e. The molecule has 0 saturated carbocycles. The molecule has 1 saturated heterocycles. The lowest BCUT2D eigenvalue weighted by atomic mass is 10.1. The number of carboxylic acid groups (broad SMARTS) is 1. The molecule has 6 heteroatoms. The summed E-state index contributed by atoms with van der Waals surface area (Å²) in [5, 5.41) is 13.0. The van der Waals surface area contributed by atoms with Crippen molar-refractivity contribution >= 4 is 11.9 Å². The number of likely N-dealkylation sites (tertiary alicyclic amines) is 1. The molecule has 1 aliphatic rings. The normalized spacial score (nSPS) is 18.5. The third kappa shape index (κ3) is 2.84. The number of aromatic nitrogens is 1. The van der Waals surface area contributed by atoms with Crippen molar-refractivity contribution in [3.63, 3.8) is 0 Å². The van der Waals surface area contributed by atoms with E-state index < -0.39 is 11.9 Å². The van der Waals surface area contributed by atoms with Crippen molar-refractivity contribution < 1.29 is 19.2 Å². The molecular weight excluding hydrogens is 260 g/mol. The number of hydrogen-bond donors (Lipinski definition) is 1. The van der Waals surface area contributed by atoms with Crippen LogP contribution in [0, 0.1) is 5.92 Å². The SMILES string of the molecule is CCc1noc(CC)c1CC(=O)N1CC[C@@H](C(=O)O)C1. The first-order valence-corrected chi connectivity index (χ1v) is 7.03. The Hall–Kier alpha value is -1.85. The Morgan fingerprint density at radius 2 is 2.15 bits per heavy atom. The smallest absolute Gasteiger partial charge is 0.308 e. The number of carbonyl (C=O) groups is 2. The molecule has 6 nitrogen and oxygen atoms in total. The monoisotopic (exact) mass is 280 g/mol. The summed E-state index contributed by atoms with van der Waals surface area (Å²) >= 11 is 0. The van der Waals surface area contributed by atoms with Gasteiger partial charge in [0.1, 0.15) is 5.76 Å². The topological polar surface area (TPSA) is 83.6 Å². The van der Waals surface area contributed by atoms with Crippen LogP contribution in [-0.4, -0.2) is 40.1 Å². The molecule has 1 amide bonds. The van der Waals surface area contributed by atoms with E-state index in [0.717, 1.165) is 23.4 Å². The van der Waals surface area contributed by atoms with Crippen LogP contribution in [0.4, 0.5) is 0 Å². The summed E-state index contributed by atoms with van der Waals surface area (Å²) in [6.07, 6.45) is 2.21. The second kappa shape index (κ2) is 6.07. The van der Waals surface area contributed by atoms with Crippen molar-refractivity contribution in [3.8, 4) is 0 Å². The number of nitrogens with zero attached hydrogens (tertiary/aromatic N) is 2. The van der Waals surface area contributed by atoms with Crippen molar-refractivity contribution in [1.29, 1.82) is 0 Å². The number of carboxylic acids is 1. The molecule has 0 aromatic carbocycles. The quantitative estimate of drug-likeness (QED) is 0.878. The van der Waals surface area contributed by atoms with Gasteiger partial charge in [-0.3, -0.25) is 9.59 Å². The van der Waals surface area contributed by atoms with Crippen LogP contribution in [0.25, 0.3) is 0 Å². The predicted molar refractivity (Wildman–Crippen MR) is 71.3 cm³/mol. The van der Waals surface area contributed by atoms with E-state index in [1.165, 1.54) is 0 Å². The van der Waals surface area contributed by atoms with Gasteiger partial charge in [-0.15, -0.1) is 0 Å². The molecule has 0 spiro atoms. The fraction of sp³-hybridized carbons (Fsp3) is 0.643. The van der Waals surface area contributed by atoms with Gasteiger partial charge in [-0.25, -0.2) is 0 Å². The van der Waals surface area contributed by atoms with Gasteiger partial charge in [-0.1, -0.05) is 19.0 Å². The second-order valence-corrected chi connectivity index (χ2v) is 5.08. The molecule has 110 valence electrons. The summed E-state index contributed by atoms with van der Waals surface area (Å²) in [5.41, 5.74) is 1.70. The Bertz CT molecular complexity index is 488. The fourth-order valence-corrected chi connectivity index (χ4v) is 2.59. The van der Waals surface area contributed by atoms with Crippen molar-refractivity contribution in [2.75, 3.05) is 13.1 Å². The molecule has 1 N–H and O–H groups in total. The maximum absolute atomic E-state index is 12.3. The zero-order valence-corrected chi connectivity index (χ0v) is 11.9. The average molecular weight is 280 g/mol. The van der Waals surface area contributed by atoms with E-state index in [9.17, 15) is 9.59 Å². The van der Waals surface area contributed by atoms with Gasteiger partial charge in [0.05, 0.1) is 18.0 Å². The highest BCUT2D eigenvalue weighted by Crippen LogP contribution is 2.21. The first-order valence-electron chi connectivity index (χ1n) is 7.03. The van der Waals surface area contributed by atoms with E-state index in [0.29, 0.717) is 25.9 Å². The van der Waals surface area contributed by atoms with E-state index >= 15 is 0 Å². The van der Waals surface area contributed by atoms with Crippen LogP contribution in [0.1, 0.15) is 37.3 Å². The molecule has 0 unspecified atom stereocenters. The highest BCUT2D eigenvalue weighted by molar-refractivity contribution is 5.81. The molecule has 2 heterocycles. The van der Waals surface area contributed by atoms with Crippen LogP contribution in [0.2, 0.25) is 0 Å². The summed E-state index contributed by atoms with van der Waals surface area (Å²) in [4.78, 5) is 24.8. The number of aryl methyl sites for hydroxylation is 2. The lowest BCUT2D eigenvalue weighted by Gasteiger charge is -2.15.